The highest BCUT2D eigenvalue weighted by Gasteiger charge is 2.27. The van der Waals surface area contributed by atoms with Crippen molar-refractivity contribution in [2.45, 2.75) is 26.0 Å². The number of aromatic nitrogens is 5. The Balaban J connectivity index is 1.66. The van der Waals surface area contributed by atoms with Gasteiger partial charge in [-0.2, -0.15) is 4.98 Å². The van der Waals surface area contributed by atoms with Gasteiger partial charge in [-0.1, -0.05) is 5.16 Å². The van der Waals surface area contributed by atoms with Crippen molar-refractivity contribution in [3.8, 4) is 11.6 Å². The van der Waals surface area contributed by atoms with E-state index in [2.05, 4.69) is 20.0 Å². The third-order valence-corrected chi connectivity index (χ3v) is 5.62. The van der Waals surface area contributed by atoms with Crippen molar-refractivity contribution in [1.82, 2.24) is 29.0 Å². The summed E-state index contributed by atoms with van der Waals surface area (Å²) in [6.07, 6.45) is 1.48. The van der Waals surface area contributed by atoms with Crippen LogP contribution in [0.1, 0.15) is 19.7 Å². The standard InChI is InChI=1S/C21H23FN6O4/c1-21(2,30)20-24-18(32-25-20)16-17-19(29)27(6-5-26-7-9-31-10-8-26)15-11-13(22)3-4-14(15)28(17)12-23-16/h3-4,11-12,30H,5-10H2,1-2H3. The zero-order chi connectivity index (χ0) is 22.5. The van der Waals surface area contributed by atoms with Gasteiger partial charge >= 0.3 is 0 Å². The predicted octanol–water partition coefficient (Wildman–Crippen LogP) is 1.40. The van der Waals surface area contributed by atoms with Gasteiger partial charge < -0.3 is 18.9 Å². The molecule has 10 nitrogen and oxygen atoms in total. The number of rotatable bonds is 5. The number of morpholine rings is 1. The number of benzene rings is 1. The molecule has 11 heteroatoms. The molecule has 3 aromatic heterocycles. The van der Waals surface area contributed by atoms with Crippen molar-refractivity contribution in [1.29, 1.82) is 0 Å². The first-order chi connectivity index (χ1) is 15.3. The minimum Gasteiger partial charge on any atom is -0.382 e. The smallest absolute Gasteiger partial charge is 0.279 e. The van der Waals surface area contributed by atoms with Crippen LogP contribution in [-0.2, 0) is 16.9 Å². The number of fused-ring (bicyclic) bond motifs is 3. The van der Waals surface area contributed by atoms with Crippen LogP contribution in [0, 0.1) is 5.82 Å². The molecule has 1 aliphatic rings. The quantitative estimate of drug-likeness (QED) is 0.494. The van der Waals surface area contributed by atoms with Crippen molar-refractivity contribution < 1.29 is 18.8 Å². The molecule has 168 valence electrons. The first-order valence-electron chi connectivity index (χ1n) is 10.4. The molecule has 1 saturated heterocycles. The van der Waals surface area contributed by atoms with Crippen LogP contribution in [0.15, 0.2) is 33.8 Å². The Bertz CT molecular complexity index is 1350. The Hall–Kier alpha value is -3.15. The molecule has 0 atom stereocenters. The fraction of sp³-hybridized carbons (Fsp3) is 0.429. The summed E-state index contributed by atoms with van der Waals surface area (Å²) in [5.74, 6) is -0.310. The molecule has 0 aliphatic carbocycles. The largest absolute Gasteiger partial charge is 0.382 e. The second-order valence-corrected chi connectivity index (χ2v) is 8.34. The van der Waals surface area contributed by atoms with Gasteiger partial charge in [0, 0.05) is 26.2 Å². The fourth-order valence-corrected chi connectivity index (χ4v) is 3.90. The minimum absolute atomic E-state index is 0.0305. The zero-order valence-corrected chi connectivity index (χ0v) is 17.8. The lowest BCUT2D eigenvalue weighted by atomic mass is 10.1. The maximum Gasteiger partial charge on any atom is 0.279 e. The summed E-state index contributed by atoms with van der Waals surface area (Å²) in [6.45, 7) is 6.93. The highest BCUT2D eigenvalue weighted by molar-refractivity contribution is 5.83. The van der Waals surface area contributed by atoms with Crippen LogP contribution >= 0.6 is 0 Å². The summed E-state index contributed by atoms with van der Waals surface area (Å²) in [5.41, 5.74) is -0.0838. The molecule has 0 radical (unpaired) electrons. The van der Waals surface area contributed by atoms with Gasteiger partial charge in [-0.3, -0.25) is 14.1 Å². The lowest BCUT2D eigenvalue weighted by Gasteiger charge is -2.27. The molecule has 32 heavy (non-hydrogen) atoms. The van der Waals surface area contributed by atoms with E-state index in [1.54, 1.807) is 15.0 Å². The van der Waals surface area contributed by atoms with E-state index in [1.165, 1.54) is 32.3 Å². The Kier molecular flexibility index (Phi) is 5.03. The van der Waals surface area contributed by atoms with Gasteiger partial charge in [0.25, 0.3) is 11.4 Å². The van der Waals surface area contributed by atoms with E-state index in [-0.39, 0.29) is 28.5 Å². The summed E-state index contributed by atoms with van der Waals surface area (Å²) in [5, 5.41) is 14.0. The van der Waals surface area contributed by atoms with E-state index in [1.807, 2.05) is 0 Å². The maximum atomic E-state index is 14.1. The topological polar surface area (TPSA) is 111 Å². The van der Waals surface area contributed by atoms with E-state index in [0.717, 1.165) is 13.1 Å². The number of ether oxygens (including phenoxy) is 1. The molecule has 4 aromatic rings. The van der Waals surface area contributed by atoms with E-state index in [0.29, 0.717) is 37.3 Å². The summed E-state index contributed by atoms with van der Waals surface area (Å²) in [6, 6.07) is 4.31. The number of imidazole rings is 1. The van der Waals surface area contributed by atoms with Crippen LogP contribution in [0.5, 0.6) is 0 Å². The first-order valence-corrected chi connectivity index (χ1v) is 10.4. The Labute approximate surface area is 181 Å². The average Bonchev–Trinajstić information content (AvgIpc) is 3.42. The Morgan fingerprint density at radius 2 is 1.97 bits per heavy atom. The second kappa shape index (κ2) is 7.76. The molecule has 0 saturated carbocycles. The Morgan fingerprint density at radius 1 is 1.19 bits per heavy atom. The molecule has 1 fully saturated rings. The summed E-state index contributed by atoms with van der Waals surface area (Å²) < 4.78 is 27.9. The molecule has 0 unspecified atom stereocenters. The first kappa shape index (κ1) is 20.7. The van der Waals surface area contributed by atoms with Gasteiger partial charge in [0.05, 0.1) is 24.2 Å². The third-order valence-electron chi connectivity index (χ3n) is 5.62. The highest BCUT2D eigenvalue weighted by Crippen LogP contribution is 2.26. The number of nitrogens with zero attached hydrogens (tertiary/aromatic N) is 6. The SMILES string of the molecule is CC(C)(O)c1noc(-c2ncn3c2c(=O)n(CCN2CCOCC2)c2cc(F)ccc23)n1. The normalized spacial score (nSPS) is 15.8. The molecular formula is C21H23FN6O4. The van der Waals surface area contributed by atoms with Gasteiger partial charge in [-0.25, -0.2) is 9.37 Å². The monoisotopic (exact) mass is 442 g/mol. The van der Waals surface area contributed by atoms with E-state index < -0.39 is 11.4 Å². The van der Waals surface area contributed by atoms with Gasteiger partial charge in [0.1, 0.15) is 23.3 Å². The lowest BCUT2D eigenvalue weighted by molar-refractivity contribution is 0.0364. The van der Waals surface area contributed by atoms with Crippen LogP contribution in [0.3, 0.4) is 0 Å². The Morgan fingerprint density at radius 3 is 2.69 bits per heavy atom. The number of halogens is 1. The molecule has 1 aromatic carbocycles. The maximum absolute atomic E-state index is 14.1. The van der Waals surface area contributed by atoms with Crippen molar-refractivity contribution in [2.75, 3.05) is 32.8 Å². The molecular weight excluding hydrogens is 419 g/mol. The molecule has 1 N–H and O–H groups in total. The van der Waals surface area contributed by atoms with Crippen LogP contribution in [-0.4, -0.2) is 66.9 Å². The van der Waals surface area contributed by atoms with Crippen molar-refractivity contribution in [3.63, 3.8) is 0 Å². The van der Waals surface area contributed by atoms with Crippen molar-refractivity contribution in [2.24, 2.45) is 0 Å². The molecule has 4 heterocycles. The molecule has 0 bridgehead atoms. The number of aliphatic hydroxyl groups is 1. The lowest BCUT2D eigenvalue weighted by Crippen LogP contribution is -2.39. The fourth-order valence-electron chi connectivity index (χ4n) is 3.90. The van der Waals surface area contributed by atoms with Crippen LogP contribution < -0.4 is 5.56 Å². The minimum atomic E-state index is -1.31. The predicted molar refractivity (Wildman–Crippen MR) is 113 cm³/mol. The zero-order valence-electron chi connectivity index (χ0n) is 17.8. The van der Waals surface area contributed by atoms with Crippen LogP contribution in [0.25, 0.3) is 28.1 Å². The van der Waals surface area contributed by atoms with Gasteiger partial charge in [0.2, 0.25) is 5.82 Å². The summed E-state index contributed by atoms with van der Waals surface area (Å²) >= 11 is 0. The van der Waals surface area contributed by atoms with Gasteiger partial charge in [-0.15, -0.1) is 0 Å². The molecule has 0 spiro atoms. The van der Waals surface area contributed by atoms with E-state index in [4.69, 9.17) is 9.26 Å². The van der Waals surface area contributed by atoms with Gasteiger partial charge in [-0.05, 0) is 32.0 Å². The summed E-state index contributed by atoms with van der Waals surface area (Å²) in [4.78, 5) is 24.3. The van der Waals surface area contributed by atoms with Crippen LogP contribution in [0.2, 0.25) is 0 Å². The molecule has 1 aliphatic heterocycles. The van der Waals surface area contributed by atoms with Crippen molar-refractivity contribution >= 4 is 16.6 Å². The van der Waals surface area contributed by atoms with Crippen molar-refractivity contribution in [3.05, 3.63) is 46.5 Å². The van der Waals surface area contributed by atoms with Gasteiger partial charge in [0.15, 0.2) is 5.69 Å². The average molecular weight is 442 g/mol. The summed E-state index contributed by atoms with van der Waals surface area (Å²) in [7, 11) is 0. The van der Waals surface area contributed by atoms with E-state index >= 15 is 0 Å². The second-order valence-electron chi connectivity index (χ2n) is 8.34. The number of hydrogen-bond acceptors (Lipinski definition) is 8. The number of hydrogen-bond donors (Lipinski definition) is 1. The highest BCUT2D eigenvalue weighted by atomic mass is 19.1. The third kappa shape index (κ3) is 3.57. The van der Waals surface area contributed by atoms with E-state index in [9.17, 15) is 14.3 Å². The molecule has 5 rings (SSSR count). The molecule has 0 amide bonds. The van der Waals surface area contributed by atoms with Crippen LogP contribution in [0.4, 0.5) is 4.39 Å².